The number of aryl methyl sites for hydroxylation is 2. The van der Waals surface area contributed by atoms with Gasteiger partial charge in [0.05, 0.1) is 5.75 Å². The monoisotopic (exact) mass is 297 g/mol. The molecule has 1 N–H and O–H groups in total. The van der Waals surface area contributed by atoms with Gasteiger partial charge in [0, 0.05) is 6.54 Å². The van der Waals surface area contributed by atoms with E-state index in [1.165, 1.54) is 0 Å². The number of rotatable bonds is 4. The maximum Gasteiger partial charge on any atom is 0.322 e. The lowest BCUT2D eigenvalue weighted by atomic mass is 10.1. The topological polar surface area (TPSA) is 74.7 Å². The summed E-state index contributed by atoms with van der Waals surface area (Å²) in [5.41, 5.74) is 2.84. The number of carboxylic acids is 1. The van der Waals surface area contributed by atoms with Crippen LogP contribution < -0.4 is 0 Å². The minimum absolute atomic E-state index is 0.141. The van der Waals surface area contributed by atoms with Gasteiger partial charge in [-0.05, 0) is 43.4 Å². The first-order valence-electron chi connectivity index (χ1n) is 6.60. The van der Waals surface area contributed by atoms with Crippen molar-refractivity contribution in [3.63, 3.8) is 0 Å². The molecule has 1 atom stereocenters. The summed E-state index contributed by atoms with van der Waals surface area (Å²) in [5.74, 6) is -1.20. The van der Waals surface area contributed by atoms with E-state index in [0.717, 1.165) is 15.4 Å². The highest BCUT2D eigenvalue weighted by Crippen LogP contribution is 2.24. The molecule has 0 saturated carbocycles. The standard InChI is InChI=1S/C14H19NO4S/c1-10-5-6-12(8-11(10)2)9-20(18,19)15-7-3-4-13(15)14(16)17/h5-6,8,13H,3-4,7,9H2,1-2H3,(H,16,17)/t13-/m0/s1. The highest BCUT2D eigenvalue weighted by Gasteiger charge is 2.38. The van der Waals surface area contributed by atoms with E-state index in [2.05, 4.69) is 0 Å². The van der Waals surface area contributed by atoms with Gasteiger partial charge in [0.25, 0.3) is 0 Å². The van der Waals surface area contributed by atoms with Gasteiger partial charge in [0.1, 0.15) is 6.04 Å². The minimum Gasteiger partial charge on any atom is -0.480 e. The van der Waals surface area contributed by atoms with Crippen LogP contribution in [0.1, 0.15) is 29.5 Å². The Hall–Kier alpha value is -1.40. The molecule has 20 heavy (non-hydrogen) atoms. The van der Waals surface area contributed by atoms with Crippen LogP contribution in [0.3, 0.4) is 0 Å². The molecule has 0 bridgehead atoms. The Morgan fingerprint density at radius 3 is 2.65 bits per heavy atom. The van der Waals surface area contributed by atoms with Gasteiger partial charge in [-0.15, -0.1) is 0 Å². The van der Waals surface area contributed by atoms with Gasteiger partial charge in [-0.25, -0.2) is 8.42 Å². The predicted octanol–water partition coefficient (Wildman–Crippen LogP) is 1.68. The first-order chi connectivity index (χ1) is 9.31. The van der Waals surface area contributed by atoms with Crippen LogP contribution in [-0.2, 0) is 20.6 Å². The summed E-state index contributed by atoms with van der Waals surface area (Å²) in [5, 5.41) is 9.09. The van der Waals surface area contributed by atoms with Crippen molar-refractivity contribution in [3.05, 3.63) is 34.9 Å². The average molecular weight is 297 g/mol. The number of nitrogens with zero attached hydrogens (tertiary/aromatic N) is 1. The molecule has 2 rings (SSSR count). The minimum atomic E-state index is -3.58. The van der Waals surface area contributed by atoms with E-state index in [9.17, 15) is 13.2 Å². The molecule has 1 saturated heterocycles. The van der Waals surface area contributed by atoms with Gasteiger partial charge in [-0.3, -0.25) is 4.79 Å². The van der Waals surface area contributed by atoms with Crippen LogP contribution in [0.15, 0.2) is 18.2 Å². The van der Waals surface area contributed by atoms with Crippen molar-refractivity contribution in [2.75, 3.05) is 6.54 Å². The number of carbonyl (C=O) groups is 1. The normalized spacial score (nSPS) is 20.2. The van der Waals surface area contributed by atoms with Crippen molar-refractivity contribution in [2.24, 2.45) is 0 Å². The highest BCUT2D eigenvalue weighted by molar-refractivity contribution is 7.88. The van der Waals surface area contributed by atoms with Gasteiger partial charge in [0.2, 0.25) is 10.0 Å². The van der Waals surface area contributed by atoms with Crippen LogP contribution in [0.5, 0.6) is 0 Å². The Labute approximate surface area is 119 Å². The zero-order valence-corrected chi connectivity index (χ0v) is 12.5. The molecule has 0 amide bonds. The van der Waals surface area contributed by atoms with Crippen molar-refractivity contribution in [3.8, 4) is 0 Å². The van der Waals surface area contributed by atoms with Crippen molar-refractivity contribution in [1.29, 1.82) is 0 Å². The fourth-order valence-corrected chi connectivity index (χ4v) is 4.26. The van der Waals surface area contributed by atoms with Gasteiger partial charge >= 0.3 is 5.97 Å². The van der Waals surface area contributed by atoms with E-state index in [-0.39, 0.29) is 5.75 Å². The number of hydrogen-bond donors (Lipinski definition) is 1. The van der Waals surface area contributed by atoms with Gasteiger partial charge in [0.15, 0.2) is 0 Å². The lowest BCUT2D eigenvalue weighted by Crippen LogP contribution is -2.40. The number of hydrogen-bond acceptors (Lipinski definition) is 3. The van der Waals surface area contributed by atoms with E-state index in [0.29, 0.717) is 24.9 Å². The summed E-state index contributed by atoms with van der Waals surface area (Å²) in [4.78, 5) is 11.1. The Morgan fingerprint density at radius 2 is 2.05 bits per heavy atom. The quantitative estimate of drug-likeness (QED) is 0.917. The van der Waals surface area contributed by atoms with Crippen molar-refractivity contribution >= 4 is 16.0 Å². The van der Waals surface area contributed by atoms with Crippen molar-refractivity contribution in [2.45, 2.75) is 38.5 Å². The molecule has 6 heteroatoms. The predicted molar refractivity (Wildman–Crippen MR) is 75.9 cm³/mol. The zero-order valence-electron chi connectivity index (χ0n) is 11.7. The largest absolute Gasteiger partial charge is 0.480 e. The molecule has 1 aliphatic heterocycles. The van der Waals surface area contributed by atoms with Crippen LogP contribution in [0.2, 0.25) is 0 Å². The zero-order chi connectivity index (χ0) is 14.9. The van der Waals surface area contributed by atoms with Crippen molar-refractivity contribution in [1.82, 2.24) is 4.31 Å². The molecule has 0 aromatic heterocycles. The number of aliphatic carboxylic acids is 1. The lowest BCUT2D eigenvalue weighted by molar-refractivity contribution is -0.140. The molecule has 1 aromatic carbocycles. The molecule has 110 valence electrons. The Kier molecular flexibility index (Phi) is 4.15. The summed E-state index contributed by atoms with van der Waals surface area (Å²) in [6, 6.07) is 4.61. The number of sulfonamides is 1. The van der Waals surface area contributed by atoms with Gasteiger partial charge in [-0.2, -0.15) is 4.31 Å². The summed E-state index contributed by atoms with van der Waals surface area (Å²) >= 11 is 0. The van der Waals surface area contributed by atoms with Gasteiger partial charge in [-0.1, -0.05) is 18.2 Å². The van der Waals surface area contributed by atoms with Crippen LogP contribution in [0, 0.1) is 13.8 Å². The van der Waals surface area contributed by atoms with E-state index >= 15 is 0 Å². The SMILES string of the molecule is Cc1ccc(CS(=O)(=O)N2CCC[C@H]2C(=O)O)cc1C. The molecule has 1 aromatic rings. The smallest absolute Gasteiger partial charge is 0.322 e. The molecule has 0 spiro atoms. The van der Waals surface area contributed by atoms with E-state index in [1.807, 2.05) is 26.0 Å². The Balaban J connectivity index is 2.22. The van der Waals surface area contributed by atoms with Crippen LogP contribution in [0.4, 0.5) is 0 Å². The summed E-state index contributed by atoms with van der Waals surface area (Å²) in [7, 11) is -3.58. The first kappa shape index (κ1) is 15.0. The maximum atomic E-state index is 12.4. The third-order valence-electron chi connectivity index (χ3n) is 3.77. The molecule has 1 aliphatic rings. The highest BCUT2D eigenvalue weighted by atomic mass is 32.2. The molecule has 0 unspecified atom stereocenters. The summed E-state index contributed by atoms with van der Waals surface area (Å²) in [6.45, 7) is 4.19. The first-order valence-corrected chi connectivity index (χ1v) is 8.20. The van der Waals surface area contributed by atoms with E-state index in [1.54, 1.807) is 6.07 Å². The third kappa shape index (κ3) is 3.02. The van der Waals surface area contributed by atoms with Crippen LogP contribution >= 0.6 is 0 Å². The molecule has 1 heterocycles. The molecule has 5 nitrogen and oxygen atoms in total. The second kappa shape index (κ2) is 5.54. The fourth-order valence-electron chi connectivity index (χ4n) is 2.51. The van der Waals surface area contributed by atoms with Crippen LogP contribution in [-0.4, -0.2) is 36.4 Å². The number of benzene rings is 1. The molecule has 1 fully saturated rings. The second-order valence-corrected chi connectivity index (χ2v) is 7.20. The molecule has 0 radical (unpaired) electrons. The van der Waals surface area contributed by atoms with E-state index in [4.69, 9.17) is 5.11 Å². The molecule has 0 aliphatic carbocycles. The second-order valence-electron chi connectivity index (χ2n) is 5.28. The molecular weight excluding hydrogens is 278 g/mol. The lowest BCUT2D eigenvalue weighted by Gasteiger charge is -2.21. The Bertz CT molecular complexity index is 624. The number of carboxylic acid groups (broad SMARTS) is 1. The summed E-state index contributed by atoms with van der Waals surface area (Å²) < 4.78 is 25.9. The van der Waals surface area contributed by atoms with Crippen LogP contribution in [0.25, 0.3) is 0 Å². The fraction of sp³-hybridized carbons (Fsp3) is 0.500. The Morgan fingerprint density at radius 1 is 1.35 bits per heavy atom. The molecular formula is C14H19NO4S. The van der Waals surface area contributed by atoms with Gasteiger partial charge < -0.3 is 5.11 Å². The van der Waals surface area contributed by atoms with Crippen molar-refractivity contribution < 1.29 is 18.3 Å². The van der Waals surface area contributed by atoms with E-state index < -0.39 is 22.0 Å². The average Bonchev–Trinajstić information content (AvgIpc) is 2.83. The maximum absolute atomic E-state index is 12.4. The summed E-state index contributed by atoms with van der Waals surface area (Å²) in [6.07, 6.45) is 0.991. The third-order valence-corrected chi connectivity index (χ3v) is 5.62.